The van der Waals surface area contributed by atoms with Crippen LogP contribution in [0.4, 0.5) is 5.69 Å². The van der Waals surface area contributed by atoms with E-state index in [9.17, 15) is 8.42 Å². The molecular weight excluding hydrogens is 368 g/mol. The van der Waals surface area contributed by atoms with E-state index in [2.05, 4.69) is 26.0 Å². The van der Waals surface area contributed by atoms with Gasteiger partial charge in [0.25, 0.3) is 10.0 Å². The Bertz CT molecular complexity index is 715. The SMILES string of the molecule is CNS(=O)(=O)c1ccc(CNc2ccc(Br)cc2Cl)o1. The van der Waals surface area contributed by atoms with Crippen molar-refractivity contribution in [3.05, 3.63) is 45.6 Å². The quantitative estimate of drug-likeness (QED) is 0.837. The van der Waals surface area contributed by atoms with Crippen molar-refractivity contribution >= 4 is 43.2 Å². The maximum absolute atomic E-state index is 11.5. The van der Waals surface area contributed by atoms with Gasteiger partial charge < -0.3 is 9.73 Å². The van der Waals surface area contributed by atoms with Crippen LogP contribution in [0.3, 0.4) is 0 Å². The van der Waals surface area contributed by atoms with Gasteiger partial charge in [0.15, 0.2) is 0 Å². The van der Waals surface area contributed by atoms with Crippen LogP contribution >= 0.6 is 27.5 Å². The fourth-order valence-electron chi connectivity index (χ4n) is 1.51. The van der Waals surface area contributed by atoms with Gasteiger partial charge in [-0.3, -0.25) is 0 Å². The molecule has 0 amide bonds. The summed E-state index contributed by atoms with van der Waals surface area (Å²) in [6.45, 7) is 0.334. The highest BCUT2D eigenvalue weighted by Gasteiger charge is 2.16. The molecule has 1 aromatic heterocycles. The van der Waals surface area contributed by atoms with Crippen molar-refractivity contribution in [2.45, 2.75) is 11.6 Å². The number of furan rings is 1. The maximum Gasteiger partial charge on any atom is 0.273 e. The molecule has 0 saturated carbocycles. The van der Waals surface area contributed by atoms with Crippen molar-refractivity contribution in [3.63, 3.8) is 0 Å². The van der Waals surface area contributed by atoms with Gasteiger partial charge in [-0.05, 0) is 37.4 Å². The van der Waals surface area contributed by atoms with E-state index in [1.807, 2.05) is 12.1 Å². The molecule has 0 radical (unpaired) electrons. The van der Waals surface area contributed by atoms with Crippen LogP contribution in [0.15, 0.2) is 44.3 Å². The summed E-state index contributed by atoms with van der Waals surface area (Å²) >= 11 is 9.39. The first-order chi connectivity index (χ1) is 9.42. The van der Waals surface area contributed by atoms with Gasteiger partial charge in [-0.1, -0.05) is 27.5 Å². The monoisotopic (exact) mass is 378 g/mol. The summed E-state index contributed by atoms with van der Waals surface area (Å²) in [6, 6.07) is 8.45. The Morgan fingerprint density at radius 3 is 2.70 bits per heavy atom. The number of hydrogen-bond donors (Lipinski definition) is 2. The van der Waals surface area contributed by atoms with Crippen LogP contribution in [0.1, 0.15) is 5.76 Å². The second kappa shape index (κ2) is 6.17. The average molecular weight is 380 g/mol. The molecule has 2 aromatic rings. The number of rotatable bonds is 5. The summed E-state index contributed by atoms with van der Waals surface area (Å²) in [5, 5.41) is 3.53. The zero-order valence-electron chi connectivity index (χ0n) is 10.5. The van der Waals surface area contributed by atoms with Crippen LogP contribution in [0.5, 0.6) is 0 Å². The number of benzene rings is 1. The first-order valence-electron chi connectivity index (χ1n) is 5.63. The summed E-state index contributed by atoms with van der Waals surface area (Å²) in [6.07, 6.45) is 0. The van der Waals surface area contributed by atoms with Crippen molar-refractivity contribution in [2.24, 2.45) is 0 Å². The highest BCUT2D eigenvalue weighted by molar-refractivity contribution is 9.10. The van der Waals surface area contributed by atoms with Gasteiger partial charge in [0.2, 0.25) is 5.09 Å². The predicted octanol–water partition coefficient (Wildman–Crippen LogP) is 3.22. The van der Waals surface area contributed by atoms with Gasteiger partial charge in [0.05, 0.1) is 17.3 Å². The van der Waals surface area contributed by atoms with E-state index in [0.717, 1.165) is 10.2 Å². The van der Waals surface area contributed by atoms with Crippen LogP contribution in [-0.2, 0) is 16.6 Å². The molecular formula is C12H12BrClN2O3S. The molecule has 0 bridgehead atoms. The molecule has 108 valence electrons. The molecule has 2 rings (SSSR count). The molecule has 1 heterocycles. The van der Waals surface area contributed by atoms with E-state index in [1.165, 1.54) is 13.1 Å². The third-order valence-corrected chi connectivity index (χ3v) is 4.65. The molecule has 0 unspecified atom stereocenters. The van der Waals surface area contributed by atoms with Crippen molar-refractivity contribution in [2.75, 3.05) is 12.4 Å². The Morgan fingerprint density at radius 2 is 2.05 bits per heavy atom. The summed E-state index contributed by atoms with van der Waals surface area (Å²) in [7, 11) is -2.22. The van der Waals surface area contributed by atoms with E-state index in [1.54, 1.807) is 12.1 Å². The van der Waals surface area contributed by atoms with E-state index in [0.29, 0.717) is 17.3 Å². The zero-order valence-corrected chi connectivity index (χ0v) is 13.6. The molecule has 0 aliphatic heterocycles. The Kier molecular flexibility index (Phi) is 4.74. The fourth-order valence-corrected chi connectivity index (χ4v) is 2.92. The highest BCUT2D eigenvalue weighted by Crippen LogP contribution is 2.26. The molecule has 20 heavy (non-hydrogen) atoms. The lowest BCUT2D eigenvalue weighted by Gasteiger charge is -2.07. The average Bonchev–Trinajstić information content (AvgIpc) is 2.87. The Hall–Kier alpha value is -1.02. The molecule has 8 heteroatoms. The standard InChI is InChI=1S/C12H12BrClN2O3S/c1-15-20(17,18)12-5-3-9(19-12)7-16-11-4-2-8(13)6-10(11)14/h2-6,15-16H,7H2,1H3. The number of sulfonamides is 1. The summed E-state index contributed by atoms with van der Waals surface area (Å²) < 4.78 is 31.4. The minimum Gasteiger partial charge on any atom is -0.446 e. The second-order valence-corrected chi connectivity index (χ2v) is 7.05. The Labute approximate surface area is 130 Å². The minimum absolute atomic E-state index is 0.112. The number of hydrogen-bond acceptors (Lipinski definition) is 4. The van der Waals surface area contributed by atoms with Gasteiger partial charge in [-0.15, -0.1) is 0 Å². The Morgan fingerprint density at radius 1 is 1.30 bits per heavy atom. The van der Waals surface area contributed by atoms with Crippen LogP contribution < -0.4 is 10.0 Å². The van der Waals surface area contributed by atoms with E-state index in [-0.39, 0.29) is 5.09 Å². The second-order valence-electron chi connectivity index (χ2n) is 3.91. The van der Waals surface area contributed by atoms with Crippen LogP contribution in [0.25, 0.3) is 0 Å². The smallest absolute Gasteiger partial charge is 0.273 e. The topological polar surface area (TPSA) is 71.3 Å². The van der Waals surface area contributed by atoms with Gasteiger partial charge in [0, 0.05) is 4.47 Å². The lowest BCUT2D eigenvalue weighted by atomic mass is 10.3. The largest absolute Gasteiger partial charge is 0.446 e. The number of anilines is 1. The highest BCUT2D eigenvalue weighted by atomic mass is 79.9. The first-order valence-corrected chi connectivity index (χ1v) is 8.29. The number of nitrogens with one attached hydrogen (secondary N) is 2. The van der Waals surface area contributed by atoms with Crippen molar-refractivity contribution in [3.8, 4) is 0 Å². The third kappa shape index (κ3) is 3.54. The van der Waals surface area contributed by atoms with Crippen LogP contribution in [-0.4, -0.2) is 15.5 Å². The molecule has 0 aliphatic carbocycles. The molecule has 0 fully saturated rings. The number of halogens is 2. The molecule has 5 nitrogen and oxygen atoms in total. The zero-order chi connectivity index (χ0) is 14.8. The molecule has 0 saturated heterocycles. The third-order valence-electron chi connectivity index (χ3n) is 2.55. The Balaban J connectivity index is 2.08. The van der Waals surface area contributed by atoms with Crippen molar-refractivity contribution < 1.29 is 12.8 Å². The lowest BCUT2D eigenvalue weighted by Crippen LogP contribution is -2.17. The van der Waals surface area contributed by atoms with Crippen LogP contribution in [0.2, 0.25) is 5.02 Å². The van der Waals surface area contributed by atoms with E-state index < -0.39 is 10.0 Å². The van der Waals surface area contributed by atoms with E-state index >= 15 is 0 Å². The van der Waals surface area contributed by atoms with Crippen LogP contribution in [0, 0.1) is 0 Å². The minimum atomic E-state index is -3.55. The summed E-state index contributed by atoms with van der Waals surface area (Å²) in [4.78, 5) is 0. The molecule has 0 atom stereocenters. The van der Waals surface area contributed by atoms with Gasteiger partial charge >= 0.3 is 0 Å². The van der Waals surface area contributed by atoms with Gasteiger partial charge in [-0.25, -0.2) is 13.1 Å². The molecule has 0 aliphatic rings. The van der Waals surface area contributed by atoms with Gasteiger partial charge in [0.1, 0.15) is 5.76 Å². The summed E-state index contributed by atoms with van der Waals surface area (Å²) in [5.41, 5.74) is 0.740. The molecule has 2 N–H and O–H groups in total. The normalized spacial score (nSPS) is 11.6. The maximum atomic E-state index is 11.5. The van der Waals surface area contributed by atoms with E-state index in [4.69, 9.17) is 16.0 Å². The fraction of sp³-hybridized carbons (Fsp3) is 0.167. The molecule has 1 aromatic carbocycles. The van der Waals surface area contributed by atoms with Crippen molar-refractivity contribution in [1.82, 2.24) is 4.72 Å². The first kappa shape index (κ1) is 15.4. The lowest BCUT2D eigenvalue weighted by molar-refractivity contribution is 0.417. The van der Waals surface area contributed by atoms with Crippen molar-refractivity contribution in [1.29, 1.82) is 0 Å². The summed E-state index contributed by atoms with van der Waals surface area (Å²) in [5.74, 6) is 0.498. The van der Waals surface area contributed by atoms with Gasteiger partial charge in [-0.2, -0.15) is 0 Å². The molecule has 0 spiro atoms. The predicted molar refractivity (Wildman–Crippen MR) is 81.4 cm³/mol.